The Morgan fingerprint density at radius 2 is 1.71 bits per heavy atom. The van der Waals surface area contributed by atoms with Crippen molar-refractivity contribution in [2.45, 2.75) is 59.5 Å². The molecule has 0 unspecified atom stereocenters. The molecule has 0 heterocycles. The molecule has 0 rings (SSSR count). The predicted molar refractivity (Wildman–Crippen MR) is 60.2 cm³/mol. The predicted octanol–water partition coefficient (Wildman–Crippen LogP) is 2.58. The summed E-state index contributed by atoms with van der Waals surface area (Å²) in [6.45, 7) is 8.66. The number of aliphatic hydroxyl groups is 2. The summed E-state index contributed by atoms with van der Waals surface area (Å²) >= 11 is 0. The molecular weight excluding hydrogens is 176 g/mol. The van der Waals surface area contributed by atoms with Crippen LogP contribution in [0.3, 0.4) is 0 Å². The molecule has 14 heavy (non-hydrogen) atoms. The minimum absolute atomic E-state index is 0.00869. The van der Waals surface area contributed by atoms with Crippen molar-refractivity contribution in [3.8, 4) is 0 Å². The number of aliphatic hydroxyl groups excluding tert-OH is 2. The van der Waals surface area contributed by atoms with Crippen LogP contribution in [0.4, 0.5) is 0 Å². The molecule has 0 aromatic rings. The second-order valence-corrected chi connectivity index (χ2v) is 5.44. The highest BCUT2D eigenvalue weighted by Crippen LogP contribution is 2.26. The summed E-state index contributed by atoms with van der Waals surface area (Å²) in [5.41, 5.74) is -0.00869. The maximum atomic E-state index is 9.86. The van der Waals surface area contributed by atoms with Crippen molar-refractivity contribution < 1.29 is 10.2 Å². The van der Waals surface area contributed by atoms with Crippen LogP contribution >= 0.6 is 0 Å². The summed E-state index contributed by atoms with van der Waals surface area (Å²) < 4.78 is 0. The van der Waals surface area contributed by atoms with E-state index in [1.54, 1.807) is 0 Å². The zero-order valence-corrected chi connectivity index (χ0v) is 10.1. The fourth-order valence-corrected chi connectivity index (χ4v) is 1.46. The maximum absolute atomic E-state index is 9.86. The van der Waals surface area contributed by atoms with Crippen LogP contribution in [0.1, 0.15) is 53.4 Å². The van der Waals surface area contributed by atoms with Gasteiger partial charge >= 0.3 is 0 Å². The monoisotopic (exact) mass is 202 g/mol. The van der Waals surface area contributed by atoms with Gasteiger partial charge in [0.25, 0.3) is 0 Å². The number of hydrogen-bond donors (Lipinski definition) is 2. The summed E-state index contributed by atoms with van der Waals surface area (Å²) in [5.74, 6) is 0.552. The molecule has 0 spiro atoms. The fourth-order valence-electron chi connectivity index (χ4n) is 1.46. The van der Waals surface area contributed by atoms with Crippen molar-refractivity contribution in [3.05, 3.63) is 0 Å². The van der Waals surface area contributed by atoms with E-state index in [9.17, 15) is 5.11 Å². The van der Waals surface area contributed by atoms with Gasteiger partial charge in [-0.15, -0.1) is 0 Å². The molecule has 0 aliphatic carbocycles. The highest BCUT2D eigenvalue weighted by molar-refractivity contribution is 4.74. The molecule has 0 bridgehead atoms. The van der Waals surface area contributed by atoms with Gasteiger partial charge in [-0.2, -0.15) is 0 Å². The Morgan fingerprint density at radius 3 is 2.14 bits per heavy atom. The van der Waals surface area contributed by atoms with Crippen LogP contribution in [0.15, 0.2) is 0 Å². The molecule has 0 aromatic heterocycles. The highest BCUT2D eigenvalue weighted by Gasteiger charge is 2.23. The molecule has 0 saturated heterocycles. The number of hydrogen-bond acceptors (Lipinski definition) is 2. The van der Waals surface area contributed by atoms with Crippen molar-refractivity contribution in [3.63, 3.8) is 0 Å². The number of unbranched alkanes of at least 4 members (excludes halogenated alkanes) is 1. The van der Waals surface area contributed by atoms with E-state index in [0.717, 1.165) is 25.7 Å². The highest BCUT2D eigenvalue weighted by atomic mass is 16.3. The van der Waals surface area contributed by atoms with Crippen LogP contribution < -0.4 is 0 Å². The van der Waals surface area contributed by atoms with Crippen LogP contribution in [0.2, 0.25) is 0 Å². The quantitative estimate of drug-likeness (QED) is 0.650. The van der Waals surface area contributed by atoms with Crippen LogP contribution in [0.25, 0.3) is 0 Å². The van der Waals surface area contributed by atoms with E-state index in [0.29, 0.717) is 5.92 Å². The van der Waals surface area contributed by atoms with Crippen LogP contribution in [-0.2, 0) is 0 Å². The molecule has 0 radical (unpaired) electrons. The first-order valence-corrected chi connectivity index (χ1v) is 5.67. The Balaban J connectivity index is 3.66. The smallest absolute Gasteiger partial charge is 0.0591 e. The molecule has 2 nitrogen and oxygen atoms in total. The topological polar surface area (TPSA) is 40.5 Å². The van der Waals surface area contributed by atoms with Gasteiger partial charge in [-0.1, -0.05) is 40.5 Å². The Labute approximate surface area is 88.3 Å². The summed E-state index contributed by atoms with van der Waals surface area (Å²) in [6.07, 6.45) is 3.71. The Morgan fingerprint density at radius 1 is 1.14 bits per heavy atom. The minimum Gasteiger partial charge on any atom is -0.396 e. The lowest BCUT2D eigenvalue weighted by atomic mass is 9.83. The van der Waals surface area contributed by atoms with Gasteiger partial charge in [0.1, 0.15) is 0 Å². The number of rotatable bonds is 6. The zero-order valence-electron chi connectivity index (χ0n) is 10.1. The minimum atomic E-state index is -0.216. The first-order valence-electron chi connectivity index (χ1n) is 5.67. The van der Waals surface area contributed by atoms with E-state index in [4.69, 9.17) is 5.11 Å². The van der Waals surface area contributed by atoms with Crippen LogP contribution in [0.5, 0.6) is 0 Å². The maximum Gasteiger partial charge on any atom is 0.0591 e. The SMILES string of the molecule is C[C@H](CCCCO)C[C@@H](O)C(C)(C)C. The van der Waals surface area contributed by atoms with Gasteiger partial charge in [0.2, 0.25) is 0 Å². The average molecular weight is 202 g/mol. The van der Waals surface area contributed by atoms with E-state index < -0.39 is 0 Å². The van der Waals surface area contributed by atoms with E-state index >= 15 is 0 Å². The van der Waals surface area contributed by atoms with Crippen molar-refractivity contribution in [1.29, 1.82) is 0 Å². The molecule has 0 aliphatic heterocycles. The zero-order chi connectivity index (χ0) is 11.2. The summed E-state index contributed by atoms with van der Waals surface area (Å²) in [5, 5.41) is 18.5. The van der Waals surface area contributed by atoms with Gasteiger partial charge in [-0.05, 0) is 24.2 Å². The molecule has 2 N–H and O–H groups in total. The Hall–Kier alpha value is -0.0800. The van der Waals surface area contributed by atoms with E-state index in [-0.39, 0.29) is 18.1 Å². The van der Waals surface area contributed by atoms with Gasteiger partial charge in [-0.3, -0.25) is 0 Å². The Bertz CT molecular complexity index is 138. The molecule has 0 fully saturated rings. The molecular formula is C12H26O2. The molecule has 0 aromatic carbocycles. The van der Waals surface area contributed by atoms with Crippen molar-refractivity contribution >= 4 is 0 Å². The summed E-state index contributed by atoms with van der Waals surface area (Å²) in [6, 6.07) is 0. The standard InChI is InChI=1S/C12H26O2/c1-10(7-5-6-8-13)9-11(14)12(2,3)4/h10-11,13-14H,5-9H2,1-4H3/t10-,11-/m1/s1. The van der Waals surface area contributed by atoms with Crippen LogP contribution in [-0.4, -0.2) is 22.9 Å². The molecule has 0 amide bonds. The van der Waals surface area contributed by atoms with Gasteiger partial charge in [-0.25, -0.2) is 0 Å². The Kier molecular flexibility index (Phi) is 6.38. The normalized spacial score (nSPS) is 16.7. The second kappa shape index (κ2) is 6.41. The molecule has 0 aliphatic rings. The van der Waals surface area contributed by atoms with E-state index in [1.165, 1.54) is 0 Å². The second-order valence-electron chi connectivity index (χ2n) is 5.44. The summed E-state index contributed by atoms with van der Waals surface area (Å²) in [4.78, 5) is 0. The van der Waals surface area contributed by atoms with Gasteiger partial charge in [0.05, 0.1) is 6.10 Å². The lowest BCUT2D eigenvalue weighted by molar-refractivity contribution is 0.0417. The van der Waals surface area contributed by atoms with Gasteiger partial charge in [0.15, 0.2) is 0 Å². The van der Waals surface area contributed by atoms with Crippen molar-refractivity contribution in [2.24, 2.45) is 11.3 Å². The molecule has 0 saturated carbocycles. The average Bonchev–Trinajstić information content (AvgIpc) is 2.03. The van der Waals surface area contributed by atoms with Crippen LogP contribution in [0, 0.1) is 11.3 Å². The third-order valence-corrected chi connectivity index (χ3v) is 2.73. The lowest BCUT2D eigenvalue weighted by Gasteiger charge is -2.28. The van der Waals surface area contributed by atoms with Crippen molar-refractivity contribution in [1.82, 2.24) is 0 Å². The molecule has 2 atom stereocenters. The van der Waals surface area contributed by atoms with Gasteiger partial charge < -0.3 is 10.2 Å². The first kappa shape index (κ1) is 13.9. The van der Waals surface area contributed by atoms with Gasteiger partial charge in [0, 0.05) is 6.61 Å². The van der Waals surface area contributed by atoms with E-state index in [1.807, 2.05) is 0 Å². The fraction of sp³-hybridized carbons (Fsp3) is 1.00. The van der Waals surface area contributed by atoms with E-state index in [2.05, 4.69) is 27.7 Å². The molecule has 86 valence electrons. The largest absolute Gasteiger partial charge is 0.396 e. The molecule has 2 heteroatoms. The van der Waals surface area contributed by atoms with Crippen molar-refractivity contribution in [2.75, 3.05) is 6.61 Å². The lowest BCUT2D eigenvalue weighted by Crippen LogP contribution is -2.27. The first-order chi connectivity index (χ1) is 6.38. The summed E-state index contributed by atoms with van der Waals surface area (Å²) in [7, 11) is 0. The third kappa shape index (κ3) is 6.39. The third-order valence-electron chi connectivity index (χ3n) is 2.73.